The van der Waals surface area contributed by atoms with E-state index in [0.717, 1.165) is 23.4 Å². The minimum atomic E-state index is -0.888. The number of hydrogen-bond donors (Lipinski definition) is 1. The molecule has 3 aromatic rings. The molecule has 0 aliphatic heterocycles. The number of aromatic nitrogens is 1. The first-order valence-corrected chi connectivity index (χ1v) is 9.23. The van der Waals surface area contributed by atoms with Gasteiger partial charge in [-0.3, -0.25) is 4.79 Å². The van der Waals surface area contributed by atoms with Crippen molar-refractivity contribution in [2.24, 2.45) is 0 Å². The molecule has 0 fully saturated rings. The average Bonchev–Trinajstić information content (AvgIpc) is 3.11. The molecule has 0 radical (unpaired) electrons. The number of carbonyl (C=O) groups is 1. The number of halogens is 2. The fraction of sp³-hybridized carbons (Fsp3) is 0.200. The van der Waals surface area contributed by atoms with Crippen molar-refractivity contribution in [3.63, 3.8) is 0 Å². The van der Waals surface area contributed by atoms with Gasteiger partial charge in [-0.2, -0.15) is 0 Å². The molecule has 0 saturated carbocycles. The number of nitrogens with one attached hydrogen (secondary N) is 1. The van der Waals surface area contributed by atoms with E-state index in [1.807, 2.05) is 43.3 Å². The maximum Gasteiger partial charge on any atom is 0.280 e. The highest BCUT2D eigenvalue weighted by molar-refractivity contribution is 7.11. The Morgan fingerprint density at radius 1 is 1.07 bits per heavy atom. The third kappa shape index (κ3) is 4.89. The normalized spacial score (nSPS) is 10.7. The summed E-state index contributed by atoms with van der Waals surface area (Å²) in [5.74, 6) is -2.02. The Labute approximate surface area is 160 Å². The van der Waals surface area contributed by atoms with Gasteiger partial charge in [0, 0.05) is 38.1 Å². The lowest BCUT2D eigenvalue weighted by Crippen LogP contribution is -2.22. The number of benzene rings is 2. The number of hydrogen-bond acceptors (Lipinski definition) is 4. The molecule has 7 heteroatoms. The highest BCUT2D eigenvalue weighted by Gasteiger charge is 2.12. The summed E-state index contributed by atoms with van der Waals surface area (Å²) in [6, 6.07) is 11.7. The van der Waals surface area contributed by atoms with Gasteiger partial charge in [-0.05, 0) is 35.4 Å². The summed E-state index contributed by atoms with van der Waals surface area (Å²) in [4.78, 5) is 18.6. The standard InChI is InChI=1S/C20H19F2N3OS/c1-25(2)16-6-3-13(4-7-16)11-23-19(26)20-24-15(12-27-20)9-14-5-8-17(21)18(22)10-14/h3-8,10,12H,9,11H2,1-2H3,(H,23,26). The summed E-state index contributed by atoms with van der Waals surface area (Å²) in [5.41, 5.74) is 3.33. The third-order valence-electron chi connectivity index (χ3n) is 4.02. The van der Waals surface area contributed by atoms with Gasteiger partial charge in [0.1, 0.15) is 0 Å². The molecule has 0 aliphatic carbocycles. The molecule has 0 atom stereocenters. The van der Waals surface area contributed by atoms with Crippen molar-refractivity contribution >= 4 is 22.9 Å². The minimum absolute atomic E-state index is 0.256. The van der Waals surface area contributed by atoms with Gasteiger partial charge in [0.25, 0.3) is 5.91 Å². The van der Waals surface area contributed by atoms with Crippen LogP contribution in [0.2, 0.25) is 0 Å². The van der Waals surface area contributed by atoms with Gasteiger partial charge in [0.2, 0.25) is 0 Å². The molecule has 2 aromatic carbocycles. The average molecular weight is 387 g/mol. The predicted octanol–water partition coefficient (Wildman–Crippen LogP) is 4.01. The van der Waals surface area contributed by atoms with E-state index in [1.54, 1.807) is 5.38 Å². The van der Waals surface area contributed by atoms with Crippen LogP contribution in [0.3, 0.4) is 0 Å². The van der Waals surface area contributed by atoms with Crippen LogP contribution in [0.15, 0.2) is 47.8 Å². The molecule has 140 valence electrons. The molecule has 1 amide bonds. The number of nitrogens with zero attached hydrogens (tertiary/aromatic N) is 2. The largest absolute Gasteiger partial charge is 0.378 e. The molecular formula is C20H19F2N3OS. The van der Waals surface area contributed by atoms with E-state index in [4.69, 9.17) is 0 Å². The van der Waals surface area contributed by atoms with Crippen LogP contribution in [0, 0.1) is 11.6 Å². The van der Waals surface area contributed by atoms with Crippen molar-refractivity contribution in [2.45, 2.75) is 13.0 Å². The quantitative estimate of drug-likeness (QED) is 0.695. The second-order valence-electron chi connectivity index (χ2n) is 6.31. The first-order chi connectivity index (χ1) is 12.9. The molecule has 1 heterocycles. The number of amides is 1. The zero-order chi connectivity index (χ0) is 19.4. The van der Waals surface area contributed by atoms with E-state index in [-0.39, 0.29) is 5.91 Å². The fourth-order valence-electron chi connectivity index (χ4n) is 2.52. The van der Waals surface area contributed by atoms with Gasteiger partial charge >= 0.3 is 0 Å². The SMILES string of the molecule is CN(C)c1ccc(CNC(=O)c2nc(Cc3ccc(F)c(F)c3)cs2)cc1. The monoisotopic (exact) mass is 387 g/mol. The van der Waals surface area contributed by atoms with Gasteiger partial charge in [0.05, 0.1) is 5.69 Å². The first-order valence-electron chi connectivity index (χ1n) is 8.35. The van der Waals surface area contributed by atoms with E-state index in [9.17, 15) is 13.6 Å². The zero-order valence-electron chi connectivity index (χ0n) is 15.0. The highest BCUT2D eigenvalue weighted by Crippen LogP contribution is 2.17. The molecular weight excluding hydrogens is 368 g/mol. The second-order valence-corrected chi connectivity index (χ2v) is 7.17. The Hall–Kier alpha value is -2.80. The predicted molar refractivity (Wildman–Crippen MR) is 103 cm³/mol. The van der Waals surface area contributed by atoms with Crippen LogP contribution >= 0.6 is 11.3 Å². The molecule has 0 bridgehead atoms. The summed E-state index contributed by atoms with van der Waals surface area (Å²) in [6.07, 6.45) is 0.340. The van der Waals surface area contributed by atoms with E-state index < -0.39 is 11.6 Å². The summed E-state index contributed by atoms with van der Waals surface area (Å²) in [6.45, 7) is 0.407. The van der Waals surface area contributed by atoms with Crippen molar-refractivity contribution in [2.75, 3.05) is 19.0 Å². The number of carbonyl (C=O) groups excluding carboxylic acids is 1. The molecule has 1 N–H and O–H groups in total. The van der Waals surface area contributed by atoms with Crippen molar-refractivity contribution in [1.29, 1.82) is 0 Å². The van der Waals surface area contributed by atoms with E-state index in [2.05, 4.69) is 10.3 Å². The number of thiazole rings is 1. The number of anilines is 1. The molecule has 0 aliphatic rings. The lowest BCUT2D eigenvalue weighted by atomic mass is 10.1. The van der Waals surface area contributed by atoms with Gasteiger partial charge < -0.3 is 10.2 Å². The smallest absolute Gasteiger partial charge is 0.280 e. The highest BCUT2D eigenvalue weighted by atomic mass is 32.1. The van der Waals surface area contributed by atoms with Crippen LogP contribution in [0.5, 0.6) is 0 Å². The number of rotatable bonds is 6. The van der Waals surface area contributed by atoms with E-state index in [1.165, 1.54) is 17.4 Å². The lowest BCUT2D eigenvalue weighted by molar-refractivity contribution is 0.0950. The minimum Gasteiger partial charge on any atom is -0.378 e. The van der Waals surface area contributed by atoms with Gasteiger partial charge in [0.15, 0.2) is 16.6 Å². The summed E-state index contributed by atoms with van der Waals surface area (Å²) in [7, 11) is 3.94. The maximum absolute atomic E-state index is 13.3. The van der Waals surface area contributed by atoms with Gasteiger partial charge in [-0.15, -0.1) is 11.3 Å². The van der Waals surface area contributed by atoms with Crippen molar-refractivity contribution in [3.05, 3.63) is 81.3 Å². The summed E-state index contributed by atoms with van der Waals surface area (Å²) >= 11 is 1.23. The summed E-state index contributed by atoms with van der Waals surface area (Å²) in [5, 5.41) is 4.94. The Morgan fingerprint density at radius 2 is 1.78 bits per heavy atom. The second kappa shape index (κ2) is 8.26. The van der Waals surface area contributed by atoms with Gasteiger partial charge in [-0.25, -0.2) is 13.8 Å². The Balaban J connectivity index is 1.58. The van der Waals surface area contributed by atoms with Crippen LogP contribution in [0.25, 0.3) is 0 Å². The molecule has 27 heavy (non-hydrogen) atoms. The first kappa shape index (κ1) is 19.0. The van der Waals surface area contributed by atoms with Crippen LogP contribution in [-0.2, 0) is 13.0 Å². The topological polar surface area (TPSA) is 45.2 Å². The van der Waals surface area contributed by atoms with Crippen molar-refractivity contribution < 1.29 is 13.6 Å². The van der Waals surface area contributed by atoms with E-state index >= 15 is 0 Å². The Morgan fingerprint density at radius 3 is 2.44 bits per heavy atom. The van der Waals surface area contributed by atoms with Crippen LogP contribution in [0.1, 0.15) is 26.6 Å². The van der Waals surface area contributed by atoms with E-state index in [0.29, 0.717) is 29.2 Å². The lowest BCUT2D eigenvalue weighted by Gasteiger charge is -2.12. The van der Waals surface area contributed by atoms with Crippen LogP contribution in [-0.4, -0.2) is 25.0 Å². The van der Waals surface area contributed by atoms with Gasteiger partial charge in [-0.1, -0.05) is 18.2 Å². The van der Waals surface area contributed by atoms with Crippen molar-refractivity contribution in [1.82, 2.24) is 10.3 Å². The maximum atomic E-state index is 13.3. The fourth-order valence-corrected chi connectivity index (χ4v) is 3.25. The molecule has 4 nitrogen and oxygen atoms in total. The molecule has 3 rings (SSSR count). The molecule has 0 saturated heterocycles. The summed E-state index contributed by atoms with van der Waals surface area (Å²) < 4.78 is 26.3. The van der Waals surface area contributed by atoms with Crippen molar-refractivity contribution in [3.8, 4) is 0 Å². The Kier molecular flexibility index (Phi) is 5.81. The van der Waals surface area contributed by atoms with Crippen LogP contribution < -0.4 is 10.2 Å². The molecule has 1 aromatic heterocycles. The zero-order valence-corrected chi connectivity index (χ0v) is 15.8. The Bertz CT molecular complexity index is 939. The molecule has 0 unspecified atom stereocenters. The third-order valence-corrected chi connectivity index (χ3v) is 4.91. The van der Waals surface area contributed by atoms with Crippen LogP contribution in [0.4, 0.5) is 14.5 Å². The molecule has 0 spiro atoms.